The topological polar surface area (TPSA) is 53.2 Å². The summed E-state index contributed by atoms with van der Waals surface area (Å²) in [7, 11) is 0. The number of rotatable bonds is 3. The van der Waals surface area contributed by atoms with E-state index in [-0.39, 0.29) is 6.03 Å². The molecule has 2 amide bonds. The van der Waals surface area contributed by atoms with Crippen LogP contribution < -0.4 is 16.0 Å². The minimum atomic E-state index is -0.170. The fourth-order valence-electron chi connectivity index (χ4n) is 1.85. The first-order chi connectivity index (χ1) is 8.24. The highest BCUT2D eigenvalue weighted by atomic mass is 35.5. The summed E-state index contributed by atoms with van der Waals surface area (Å²) in [4.78, 5) is 11.6. The number of hydrogen-bond acceptors (Lipinski definition) is 3. The van der Waals surface area contributed by atoms with Crippen LogP contribution in [0.25, 0.3) is 0 Å². The lowest BCUT2D eigenvalue weighted by atomic mass is 10.1. The van der Waals surface area contributed by atoms with Crippen molar-refractivity contribution in [3.63, 3.8) is 0 Å². The van der Waals surface area contributed by atoms with Crippen molar-refractivity contribution in [2.24, 2.45) is 0 Å². The third kappa shape index (κ3) is 4.18. The molecule has 1 atom stereocenters. The highest BCUT2D eigenvalue weighted by Crippen LogP contribution is 2.25. The Kier molecular flexibility index (Phi) is 4.65. The molecule has 1 unspecified atom stereocenters. The third-order valence-corrected chi connectivity index (χ3v) is 3.88. The molecule has 0 aromatic carbocycles. The van der Waals surface area contributed by atoms with Gasteiger partial charge in [0.1, 0.15) is 0 Å². The van der Waals surface area contributed by atoms with Gasteiger partial charge >= 0.3 is 6.03 Å². The zero-order chi connectivity index (χ0) is 12.1. The van der Waals surface area contributed by atoms with Gasteiger partial charge in [0, 0.05) is 12.6 Å². The van der Waals surface area contributed by atoms with E-state index in [4.69, 9.17) is 11.6 Å². The maximum Gasteiger partial charge on any atom is 0.319 e. The summed E-state index contributed by atoms with van der Waals surface area (Å²) in [5, 5.41) is 9.77. The van der Waals surface area contributed by atoms with Crippen molar-refractivity contribution >= 4 is 34.0 Å². The van der Waals surface area contributed by atoms with Crippen molar-refractivity contribution in [3.05, 3.63) is 16.5 Å². The summed E-state index contributed by atoms with van der Waals surface area (Å²) in [6.07, 6.45) is 3.60. The summed E-state index contributed by atoms with van der Waals surface area (Å²) in [6.45, 7) is 1.72. The van der Waals surface area contributed by atoms with Gasteiger partial charge in [-0.15, -0.1) is 11.3 Å². The van der Waals surface area contributed by atoms with Gasteiger partial charge in [-0.3, -0.25) is 5.32 Å². The lowest BCUT2D eigenvalue weighted by Gasteiger charge is -2.23. The van der Waals surface area contributed by atoms with Crippen molar-refractivity contribution < 1.29 is 4.79 Å². The Morgan fingerprint density at radius 1 is 1.53 bits per heavy atom. The van der Waals surface area contributed by atoms with E-state index >= 15 is 0 Å². The molecule has 1 aliphatic heterocycles. The third-order valence-electron chi connectivity index (χ3n) is 2.73. The number of urea groups is 1. The standard InChI is InChI=1S/C11H16ClN3OS/c12-9-4-5-10(17-9)15-11(16)14-7-8-3-1-2-6-13-8/h4-5,8,13H,1-3,6-7H2,(H2,14,15,16). The molecule has 0 spiro atoms. The van der Waals surface area contributed by atoms with Crippen LogP contribution in [-0.4, -0.2) is 25.2 Å². The second-order valence-electron chi connectivity index (χ2n) is 4.09. The number of anilines is 1. The van der Waals surface area contributed by atoms with Gasteiger partial charge < -0.3 is 10.6 Å². The maximum atomic E-state index is 11.6. The largest absolute Gasteiger partial charge is 0.336 e. The van der Waals surface area contributed by atoms with E-state index in [0.29, 0.717) is 16.9 Å². The van der Waals surface area contributed by atoms with Crippen molar-refractivity contribution in [1.29, 1.82) is 0 Å². The molecular formula is C11H16ClN3OS. The average molecular weight is 274 g/mol. The van der Waals surface area contributed by atoms with Crippen LogP contribution in [0, 0.1) is 0 Å². The molecule has 2 rings (SSSR count). The van der Waals surface area contributed by atoms with E-state index in [2.05, 4.69) is 16.0 Å². The summed E-state index contributed by atoms with van der Waals surface area (Å²) in [5.74, 6) is 0. The molecule has 1 aliphatic rings. The molecule has 1 fully saturated rings. The lowest BCUT2D eigenvalue weighted by Crippen LogP contribution is -2.44. The van der Waals surface area contributed by atoms with Crippen LogP contribution >= 0.6 is 22.9 Å². The van der Waals surface area contributed by atoms with Crippen molar-refractivity contribution in [3.8, 4) is 0 Å². The summed E-state index contributed by atoms with van der Waals surface area (Å²) in [6, 6.07) is 3.80. The fraction of sp³-hybridized carbons (Fsp3) is 0.545. The molecule has 0 aliphatic carbocycles. The first-order valence-electron chi connectivity index (χ1n) is 5.77. The SMILES string of the molecule is O=C(NCC1CCCCN1)Nc1ccc(Cl)s1. The van der Waals surface area contributed by atoms with E-state index in [9.17, 15) is 4.79 Å². The van der Waals surface area contributed by atoms with Crippen molar-refractivity contribution in [2.45, 2.75) is 25.3 Å². The number of hydrogen-bond donors (Lipinski definition) is 3. The molecule has 1 saturated heterocycles. The Morgan fingerprint density at radius 2 is 2.41 bits per heavy atom. The van der Waals surface area contributed by atoms with Gasteiger partial charge in [0.15, 0.2) is 0 Å². The fourth-order valence-corrected chi connectivity index (χ4v) is 2.79. The molecule has 6 heteroatoms. The van der Waals surface area contributed by atoms with Gasteiger partial charge in [0.05, 0.1) is 9.34 Å². The first-order valence-corrected chi connectivity index (χ1v) is 6.97. The molecule has 3 N–H and O–H groups in total. The molecular weight excluding hydrogens is 258 g/mol. The Hall–Kier alpha value is -0.780. The minimum Gasteiger partial charge on any atom is -0.336 e. The number of nitrogens with one attached hydrogen (secondary N) is 3. The minimum absolute atomic E-state index is 0.170. The van der Waals surface area contributed by atoms with Crippen molar-refractivity contribution in [2.75, 3.05) is 18.4 Å². The summed E-state index contributed by atoms with van der Waals surface area (Å²) < 4.78 is 0.675. The van der Waals surface area contributed by atoms with Crippen LogP contribution in [0.4, 0.5) is 9.80 Å². The number of amides is 2. The van der Waals surface area contributed by atoms with E-state index in [1.54, 1.807) is 12.1 Å². The molecule has 1 aromatic rings. The van der Waals surface area contributed by atoms with Gasteiger partial charge in [-0.1, -0.05) is 18.0 Å². The number of halogens is 1. The Morgan fingerprint density at radius 3 is 3.06 bits per heavy atom. The quantitative estimate of drug-likeness (QED) is 0.793. The Balaban J connectivity index is 1.70. The second-order valence-corrected chi connectivity index (χ2v) is 5.80. The number of carbonyl (C=O) groups excluding carboxylic acids is 1. The molecule has 1 aromatic heterocycles. The summed E-state index contributed by atoms with van der Waals surface area (Å²) >= 11 is 7.13. The predicted octanol–water partition coefficient (Wildman–Crippen LogP) is 2.67. The number of piperidine rings is 1. The zero-order valence-corrected chi connectivity index (χ0v) is 11.0. The predicted molar refractivity (Wildman–Crippen MR) is 72.0 cm³/mol. The van der Waals surface area contributed by atoms with Gasteiger partial charge in [0.25, 0.3) is 0 Å². The molecule has 0 radical (unpaired) electrons. The first kappa shape index (κ1) is 12.7. The lowest BCUT2D eigenvalue weighted by molar-refractivity contribution is 0.249. The zero-order valence-electron chi connectivity index (χ0n) is 9.46. The Labute approximate surface area is 110 Å². The van der Waals surface area contributed by atoms with Gasteiger partial charge in [-0.2, -0.15) is 0 Å². The van der Waals surface area contributed by atoms with E-state index in [1.807, 2.05) is 0 Å². The maximum absolute atomic E-state index is 11.6. The average Bonchev–Trinajstić information content (AvgIpc) is 2.73. The highest BCUT2D eigenvalue weighted by molar-refractivity contribution is 7.20. The monoisotopic (exact) mass is 273 g/mol. The molecule has 4 nitrogen and oxygen atoms in total. The number of thiophene rings is 1. The Bertz CT molecular complexity index is 377. The van der Waals surface area contributed by atoms with Crippen LogP contribution in [0.3, 0.4) is 0 Å². The number of carbonyl (C=O) groups is 1. The second kappa shape index (κ2) is 6.23. The normalized spacial score (nSPS) is 19.9. The molecule has 0 saturated carbocycles. The van der Waals surface area contributed by atoms with Crippen LogP contribution in [-0.2, 0) is 0 Å². The van der Waals surface area contributed by atoms with Gasteiger partial charge in [-0.25, -0.2) is 4.79 Å². The van der Waals surface area contributed by atoms with Crippen LogP contribution in [0.5, 0.6) is 0 Å². The smallest absolute Gasteiger partial charge is 0.319 e. The molecule has 2 heterocycles. The van der Waals surface area contributed by atoms with Crippen LogP contribution in [0.1, 0.15) is 19.3 Å². The van der Waals surface area contributed by atoms with E-state index in [1.165, 1.54) is 24.2 Å². The van der Waals surface area contributed by atoms with E-state index in [0.717, 1.165) is 18.0 Å². The van der Waals surface area contributed by atoms with Gasteiger partial charge in [0.2, 0.25) is 0 Å². The van der Waals surface area contributed by atoms with Crippen molar-refractivity contribution in [1.82, 2.24) is 10.6 Å². The highest BCUT2D eigenvalue weighted by Gasteiger charge is 2.13. The molecule has 94 valence electrons. The van der Waals surface area contributed by atoms with Crippen LogP contribution in [0.15, 0.2) is 12.1 Å². The molecule has 17 heavy (non-hydrogen) atoms. The van der Waals surface area contributed by atoms with E-state index < -0.39 is 0 Å². The molecule has 0 bridgehead atoms. The van der Waals surface area contributed by atoms with Crippen LogP contribution in [0.2, 0.25) is 4.34 Å². The van der Waals surface area contributed by atoms with Gasteiger partial charge in [-0.05, 0) is 31.5 Å². The summed E-state index contributed by atoms with van der Waals surface area (Å²) in [5.41, 5.74) is 0.